The number of benzene rings is 1. The summed E-state index contributed by atoms with van der Waals surface area (Å²) in [4.78, 5) is 11.5. The molecule has 0 aromatic heterocycles. The van der Waals surface area contributed by atoms with E-state index in [-0.39, 0.29) is 24.6 Å². The number of nitrogens with one attached hydrogen (secondary N) is 2. The maximum absolute atomic E-state index is 11.5. The largest absolute Gasteiger partial charge is 0.483 e. The van der Waals surface area contributed by atoms with Gasteiger partial charge < -0.3 is 15.4 Å². The number of ether oxygens (including phenoxy) is 1. The van der Waals surface area contributed by atoms with E-state index < -0.39 is 0 Å². The Morgan fingerprint density at radius 1 is 1.43 bits per heavy atom. The second kappa shape index (κ2) is 8.01. The lowest BCUT2D eigenvalue weighted by Gasteiger charge is -2.21. The summed E-state index contributed by atoms with van der Waals surface area (Å²) < 4.78 is 6.49. The molecular formula is C15H20BrN3O2. The summed E-state index contributed by atoms with van der Waals surface area (Å²) in [5.74, 6) is 0.344. The van der Waals surface area contributed by atoms with Crippen molar-refractivity contribution in [3.05, 3.63) is 28.2 Å². The van der Waals surface area contributed by atoms with Crippen LogP contribution in [0, 0.1) is 11.3 Å². The molecule has 0 radical (unpaired) electrons. The Bertz CT molecular complexity index is 533. The average molecular weight is 354 g/mol. The highest BCUT2D eigenvalue weighted by atomic mass is 79.9. The molecule has 2 N–H and O–H groups in total. The molecule has 1 aromatic carbocycles. The van der Waals surface area contributed by atoms with E-state index in [1.807, 2.05) is 24.3 Å². The molecule has 5 nitrogen and oxygen atoms in total. The number of carbonyl (C=O) groups excluding carboxylic acids is 1. The molecule has 1 rings (SSSR count). The fourth-order valence-electron chi connectivity index (χ4n) is 1.52. The zero-order chi connectivity index (χ0) is 15.9. The van der Waals surface area contributed by atoms with E-state index in [0.717, 1.165) is 10.0 Å². The third-order valence-corrected chi connectivity index (χ3v) is 3.05. The second-order valence-electron chi connectivity index (χ2n) is 5.58. The molecule has 114 valence electrons. The molecule has 1 aromatic rings. The lowest BCUT2D eigenvalue weighted by molar-refractivity contribution is -0.122. The second-order valence-corrected chi connectivity index (χ2v) is 6.49. The highest BCUT2D eigenvalue weighted by Crippen LogP contribution is 2.23. The van der Waals surface area contributed by atoms with Gasteiger partial charge in [0.1, 0.15) is 12.3 Å². The minimum absolute atomic E-state index is 0.0102. The molecule has 0 aliphatic rings. The van der Waals surface area contributed by atoms with Crippen molar-refractivity contribution < 1.29 is 9.53 Å². The summed E-state index contributed by atoms with van der Waals surface area (Å²) in [6.07, 6.45) is 0. The topological polar surface area (TPSA) is 74.2 Å². The van der Waals surface area contributed by atoms with Gasteiger partial charge in [0, 0.05) is 22.1 Å². The Labute approximate surface area is 133 Å². The number of hydrogen-bond acceptors (Lipinski definition) is 4. The molecule has 0 spiro atoms. The van der Waals surface area contributed by atoms with Gasteiger partial charge in [-0.15, -0.1) is 0 Å². The molecule has 0 heterocycles. The highest BCUT2D eigenvalue weighted by molar-refractivity contribution is 9.10. The molecule has 0 aliphatic carbocycles. The van der Waals surface area contributed by atoms with Crippen LogP contribution in [0.3, 0.4) is 0 Å². The highest BCUT2D eigenvalue weighted by Gasteiger charge is 2.12. The average Bonchev–Trinajstić information content (AvgIpc) is 2.41. The maximum Gasteiger partial charge on any atom is 0.258 e. The number of hydrogen-bond donors (Lipinski definition) is 2. The van der Waals surface area contributed by atoms with E-state index >= 15 is 0 Å². The van der Waals surface area contributed by atoms with Crippen molar-refractivity contribution in [2.75, 3.05) is 13.2 Å². The summed E-state index contributed by atoms with van der Waals surface area (Å²) >= 11 is 3.43. The number of nitrogens with zero attached hydrogens (tertiary/aromatic N) is 1. The van der Waals surface area contributed by atoms with E-state index in [4.69, 9.17) is 10.00 Å². The number of amides is 1. The fraction of sp³-hybridized carbons (Fsp3) is 0.467. The van der Waals surface area contributed by atoms with Crippen LogP contribution < -0.4 is 15.4 Å². The Hall–Kier alpha value is -1.58. The van der Waals surface area contributed by atoms with E-state index in [2.05, 4.69) is 47.3 Å². The monoisotopic (exact) mass is 353 g/mol. The number of nitriles is 1. The predicted octanol–water partition coefficient (Wildman–Crippen LogP) is 2.36. The van der Waals surface area contributed by atoms with Crippen LogP contribution in [0.2, 0.25) is 0 Å². The van der Waals surface area contributed by atoms with E-state index in [0.29, 0.717) is 12.3 Å². The molecule has 21 heavy (non-hydrogen) atoms. The van der Waals surface area contributed by atoms with Gasteiger partial charge >= 0.3 is 0 Å². The van der Waals surface area contributed by atoms with Gasteiger partial charge in [0.2, 0.25) is 0 Å². The van der Waals surface area contributed by atoms with Crippen molar-refractivity contribution in [2.24, 2.45) is 0 Å². The predicted molar refractivity (Wildman–Crippen MR) is 84.9 cm³/mol. The first-order valence-corrected chi connectivity index (χ1v) is 7.41. The molecule has 6 heteroatoms. The molecule has 0 fully saturated rings. The third-order valence-electron chi connectivity index (χ3n) is 2.56. The van der Waals surface area contributed by atoms with Crippen molar-refractivity contribution in [2.45, 2.75) is 32.9 Å². The molecule has 0 bridgehead atoms. The fourth-order valence-corrected chi connectivity index (χ4v) is 1.93. The van der Waals surface area contributed by atoms with Gasteiger partial charge in [-0.1, -0.05) is 15.9 Å². The maximum atomic E-state index is 11.5. The normalized spacial score (nSPS) is 10.8. The zero-order valence-electron chi connectivity index (χ0n) is 12.5. The molecule has 0 saturated heterocycles. The van der Waals surface area contributed by atoms with E-state index in [1.54, 1.807) is 0 Å². The van der Waals surface area contributed by atoms with Gasteiger partial charge in [0.25, 0.3) is 5.91 Å². The van der Waals surface area contributed by atoms with Crippen LogP contribution >= 0.6 is 15.9 Å². The van der Waals surface area contributed by atoms with Gasteiger partial charge in [-0.25, -0.2) is 0 Å². The Morgan fingerprint density at radius 3 is 2.76 bits per heavy atom. The standard InChI is InChI=1S/C15H20BrN3O2/c1-15(2,3)19-9-11-8-12(16)4-5-13(11)21-10-14(20)18-7-6-17/h4-5,8,19H,7,9-10H2,1-3H3,(H,18,20). The van der Waals surface area contributed by atoms with Crippen LogP contribution in [0.5, 0.6) is 5.75 Å². The van der Waals surface area contributed by atoms with Gasteiger partial charge in [0.05, 0.1) is 6.07 Å². The first kappa shape index (κ1) is 17.5. The molecule has 0 unspecified atom stereocenters. The van der Waals surface area contributed by atoms with Crippen molar-refractivity contribution in [1.29, 1.82) is 5.26 Å². The van der Waals surface area contributed by atoms with Crippen LogP contribution in [-0.2, 0) is 11.3 Å². The number of halogens is 1. The molecule has 0 saturated carbocycles. The number of rotatable bonds is 6. The molecular weight excluding hydrogens is 334 g/mol. The van der Waals surface area contributed by atoms with Crippen molar-refractivity contribution in [3.63, 3.8) is 0 Å². The first-order chi connectivity index (χ1) is 9.81. The van der Waals surface area contributed by atoms with Crippen LogP contribution in [0.1, 0.15) is 26.3 Å². The molecule has 1 amide bonds. The minimum atomic E-state index is -0.311. The Kier molecular flexibility index (Phi) is 6.66. The SMILES string of the molecule is CC(C)(C)NCc1cc(Br)ccc1OCC(=O)NCC#N. The van der Waals surface area contributed by atoms with E-state index in [1.165, 1.54) is 0 Å². The minimum Gasteiger partial charge on any atom is -0.483 e. The summed E-state index contributed by atoms with van der Waals surface area (Å²) in [7, 11) is 0. The van der Waals surface area contributed by atoms with Crippen LogP contribution in [-0.4, -0.2) is 24.6 Å². The number of carbonyl (C=O) groups is 1. The summed E-state index contributed by atoms with van der Waals surface area (Å²) in [6.45, 7) is 6.77. The Morgan fingerprint density at radius 2 is 2.14 bits per heavy atom. The van der Waals surface area contributed by atoms with Crippen LogP contribution in [0.15, 0.2) is 22.7 Å². The molecule has 0 atom stereocenters. The van der Waals surface area contributed by atoms with Gasteiger partial charge in [-0.3, -0.25) is 4.79 Å². The smallest absolute Gasteiger partial charge is 0.258 e. The first-order valence-electron chi connectivity index (χ1n) is 6.62. The van der Waals surface area contributed by atoms with Crippen molar-refractivity contribution >= 4 is 21.8 Å². The van der Waals surface area contributed by atoms with Crippen molar-refractivity contribution in [3.8, 4) is 11.8 Å². The zero-order valence-corrected chi connectivity index (χ0v) is 14.1. The summed E-state index contributed by atoms with van der Waals surface area (Å²) in [5, 5.41) is 14.2. The lowest BCUT2D eigenvalue weighted by atomic mass is 10.1. The Balaban J connectivity index is 2.68. The lowest BCUT2D eigenvalue weighted by Crippen LogP contribution is -2.35. The van der Waals surface area contributed by atoms with Gasteiger partial charge in [-0.2, -0.15) is 5.26 Å². The summed E-state index contributed by atoms with van der Waals surface area (Å²) in [5.41, 5.74) is 0.955. The quantitative estimate of drug-likeness (QED) is 0.769. The van der Waals surface area contributed by atoms with Gasteiger partial charge in [0.15, 0.2) is 6.61 Å². The van der Waals surface area contributed by atoms with E-state index in [9.17, 15) is 4.79 Å². The van der Waals surface area contributed by atoms with Crippen LogP contribution in [0.4, 0.5) is 0 Å². The van der Waals surface area contributed by atoms with Gasteiger partial charge in [-0.05, 0) is 39.0 Å². The van der Waals surface area contributed by atoms with Crippen LogP contribution in [0.25, 0.3) is 0 Å². The third kappa shape index (κ3) is 7.11. The summed E-state index contributed by atoms with van der Waals surface area (Å²) in [6, 6.07) is 7.49. The molecule has 0 aliphatic heterocycles. The van der Waals surface area contributed by atoms with Crippen molar-refractivity contribution in [1.82, 2.24) is 10.6 Å².